The van der Waals surface area contributed by atoms with Crippen molar-refractivity contribution in [3.63, 3.8) is 0 Å². The second-order valence-electron chi connectivity index (χ2n) is 6.20. The van der Waals surface area contributed by atoms with Crippen LogP contribution in [-0.2, 0) is 6.54 Å². The van der Waals surface area contributed by atoms with Crippen molar-refractivity contribution in [1.29, 1.82) is 0 Å². The maximum atomic E-state index is 13.6. The van der Waals surface area contributed by atoms with E-state index in [1.54, 1.807) is 24.2 Å². The van der Waals surface area contributed by atoms with Crippen LogP contribution in [0.15, 0.2) is 48.7 Å². The Morgan fingerprint density at radius 3 is 2.72 bits per heavy atom. The first-order valence-electron chi connectivity index (χ1n) is 8.02. The summed E-state index contributed by atoms with van der Waals surface area (Å²) in [6.07, 6.45) is 1.76. The third kappa shape index (κ3) is 2.58. The number of amides is 1. The summed E-state index contributed by atoms with van der Waals surface area (Å²) in [5, 5.41) is 0. The Morgan fingerprint density at radius 2 is 1.92 bits per heavy atom. The zero-order chi connectivity index (χ0) is 17.6. The largest absolute Gasteiger partial charge is 0.336 e. The van der Waals surface area contributed by atoms with Crippen LogP contribution in [0.5, 0.6) is 0 Å². The van der Waals surface area contributed by atoms with Gasteiger partial charge >= 0.3 is 0 Å². The molecule has 124 valence electrons. The van der Waals surface area contributed by atoms with Crippen LogP contribution in [0.3, 0.4) is 0 Å². The lowest BCUT2D eigenvalue weighted by atomic mass is 9.94. The van der Waals surface area contributed by atoms with Crippen molar-refractivity contribution in [1.82, 2.24) is 14.9 Å². The monoisotopic (exact) mass is 333 g/mol. The fourth-order valence-electron chi connectivity index (χ4n) is 3.25. The number of aryl methyl sites for hydroxylation is 1. The Balaban J connectivity index is 1.97. The van der Waals surface area contributed by atoms with Crippen molar-refractivity contribution in [2.75, 3.05) is 7.05 Å². The Labute approximate surface area is 145 Å². The zero-order valence-electron chi connectivity index (χ0n) is 14.0. The van der Waals surface area contributed by atoms with Gasteiger partial charge in [-0.2, -0.15) is 4.39 Å². The zero-order valence-corrected chi connectivity index (χ0v) is 14.0. The predicted molar refractivity (Wildman–Crippen MR) is 93.4 cm³/mol. The lowest BCUT2D eigenvalue weighted by Gasteiger charge is -2.15. The molecule has 1 aromatic carbocycles. The number of carbonyl (C=O) groups is 1. The van der Waals surface area contributed by atoms with E-state index in [1.165, 1.54) is 6.07 Å². The molecule has 2 aromatic heterocycles. The Kier molecular flexibility index (Phi) is 3.57. The molecule has 0 bridgehead atoms. The van der Waals surface area contributed by atoms with E-state index in [2.05, 4.69) is 9.97 Å². The first kappa shape index (κ1) is 15.4. The summed E-state index contributed by atoms with van der Waals surface area (Å²) in [7, 11) is 1.70. The van der Waals surface area contributed by atoms with Crippen LogP contribution in [0.4, 0.5) is 4.39 Å². The number of hydrogen-bond donors (Lipinski definition) is 0. The van der Waals surface area contributed by atoms with E-state index in [0.29, 0.717) is 12.1 Å². The van der Waals surface area contributed by atoms with E-state index in [9.17, 15) is 9.18 Å². The van der Waals surface area contributed by atoms with Crippen LogP contribution in [0.1, 0.15) is 21.7 Å². The Morgan fingerprint density at radius 1 is 1.08 bits per heavy atom. The van der Waals surface area contributed by atoms with Crippen molar-refractivity contribution in [2.24, 2.45) is 0 Å². The van der Waals surface area contributed by atoms with E-state index in [-0.39, 0.29) is 11.6 Å². The molecule has 1 aliphatic rings. The van der Waals surface area contributed by atoms with Gasteiger partial charge in [-0.05, 0) is 47.9 Å². The molecule has 0 N–H and O–H groups in total. The minimum atomic E-state index is -0.650. The van der Waals surface area contributed by atoms with Gasteiger partial charge in [-0.25, -0.2) is 4.98 Å². The highest BCUT2D eigenvalue weighted by Crippen LogP contribution is 2.35. The molecule has 25 heavy (non-hydrogen) atoms. The molecule has 4 rings (SSSR count). The maximum absolute atomic E-state index is 13.6. The second kappa shape index (κ2) is 5.77. The molecular formula is C20H16FN3O. The second-order valence-corrected chi connectivity index (χ2v) is 6.20. The first-order chi connectivity index (χ1) is 12.0. The summed E-state index contributed by atoms with van der Waals surface area (Å²) in [6.45, 7) is 2.42. The standard InChI is InChI=1S/C20H16FN3O/c1-12-15(4-3-9-22-12)13-5-6-14-11-24(2)20(25)19-16(17(14)10-13)7-8-18(21)23-19/h3-10H,11H2,1-2H3. The molecule has 0 saturated heterocycles. The van der Waals surface area contributed by atoms with Crippen molar-refractivity contribution in [2.45, 2.75) is 13.5 Å². The van der Waals surface area contributed by atoms with Crippen molar-refractivity contribution < 1.29 is 9.18 Å². The lowest BCUT2D eigenvalue weighted by molar-refractivity contribution is 0.0781. The molecule has 3 aromatic rings. The lowest BCUT2D eigenvalue weighted by Crippen LogP contribution is -2.25. The number of pyridine rings is 2. The van der Waals surface area contributed by atoms with Gasteiger partial charge in [-0.1, -0.05) is 18.2 Å². The van der Waals surface area contributed by atoms with Gasteiger partial charge in [0.05, 0.1) is 0 Å². The maximum Gasteiger partial charge on any atom is 0.273 e. The Bertz CT molecular complexity index is 1000. The number of hydrogen-bond acceptors (Lipinski definition) is 3. The van der Waals surface area contributed by atoms with E-state index < -0.39 is 5.95 Å². The van der Waals surface area contributed by atoms with Crippen molar-refractivity contribution in [3.8, 4) is 22.3 Å². The van der Waals surface area contributed by atoms with Crippen LogP contribution in [0.2, 0.25) is 0 Å². The smallest absolute Gasteiger partial charge is 0.273 e. The topological polar surface area (TPSA) is 46.1 Å². The van der Waals surface area contributed by atoms with Gasteiger partial charge in [0.15, 0.2) is 0 Å². The quantitative estimate of drug-likeness (QED) is 0.636. The number of benzene rings is 1. The molecular weight excluding hydrogens is 317 g/mol. The van der Waals surface area contributed by atoms with Crippen LogP contribution in [0.25, 0.3) is 22.3 Å². The summed E-state index contributed by atoms with van der Waals surface area (Å²) in [5.74, 6) is -0.923. The number of halogens is 1. The SMILES string of the molecule is Cc1ncccc1-c1ccc2c(c1)-c1ccc(F)nc1C(=O)N(C)C2. The van der Waals surface area contributed by atoms with Gasteiger partial charge in [0.2, 0.25) is 5.95 Å². The summed E-state index contributed by atoms with van der Waals surface area (Å²) < 4.78 is 13.6. The molecule has 0 atom stereocenters. The molecule has 5 heteroatoms. The summed E-state index contributed by atoms with van der Waals surface area (Å²) in [4.78, 5) is 22.3. The van der Waals surface area contributed by atoms with E-state index in [4.69, 9.17) is 0 Å². The summed E-state index contributed by atoms with van der Waals surface area (Å²) >= 11 is 0. The highest BCUT2D eigenvalue weighted by molar-refractivity contribution is 6.00. The van der Waals surface area contributed by atoms with Crippen LogP contribution in [0, 0.1) is 12.9 Å². The van der Waals surface area contributed by atoms with Gasteiger partial charge in [0.25, 0.3) is 5.91 Å². The number of rotatable bonds is 1. The normalized spacial score (nSPS) is 13.2. The van der Waals surface area contributed by atoms with Crippen molar-refractivity contribution >= 4 is 5.91 Å². The average molecular weight is 333 g/mol. The van der Waals surface area contributed by atoms with Gasteiger partial charge in [-0.15, -0.1) is 0 Å². The molecule has 0 unspecified atom stereocenters. The molecule has 4 nitrogen and oxygen atoms in total. The molecule has 1 amide bonds. The minimum absolute atomic E-state index is 0.154. The van der Waals surface area contributed by atoms with E-state index in [0.717, 1.165) is 27.9 Å². The fourth-order valence-corrected chi connectivity index (χ4v) is 3.25. The van der Waals surface area contributed by atoms with Crippen LogP contribution < -0.4 is 0 Å². The van der Waals surface area contributed by atoms with E-state index >= 15 is 0 Å². The Hall–Kier alpha value is -3.08. The first-order valence-corrected chi connectivity index (χ1v) is 8.02. The molecule has 0 saturated carbocycles. The third-order valence-electron chi connectivity index (χ3n) is 4.54. The number of fused-ring (bicyclic) bond motifs is 3. The molecule has 3 heterocycles. The van der Waals surface area contributed by atoms with Gasteiger partial charge in [-0.3, -0.25) is 9.78 Å². The summed E-state index contributed by atoms with van der Waals surface area (Å²) in [6, 6.07) is 12.9. The molecule has 0 radical (unpaired) electrons. The minimum Gasteiger partial charge on any atom is -0.336 e. The number of nitrogens with zero attached hydrogens (tertiary/aromatic N) is 3. The third-order valence-corrected chi connectivity index (χ3v) is 4.54. The molecule has 0 spiro atoms. The highest BCUT2D eigenvalue weighted by atomic mass is 19.1. The van der Waals surface area contributed by atoms with E-state index in [1.807, 2.05) is 37.3 Å². The molecule has 1 aliphatic heterocycles. The van der Waals surface area contributed by atoms with Crippen molar-refractivity contribution in [3.05, 3.63) is 71.6 Å². The van der Waals surface area contributed by atoms with Gasteiger partial charge in [0.1, 0.15) is 5.69 Å². The average Bonchev–Trinajstić information content (AvgIpc) is 2.71. The highest BCUT2D eigenvalue weighted by Gasteiger charge is 2.26. The molecule has 0 fully saturated rings. The molecule has 0 aliphatic carbocycles. The number of carbonyl (C=O) groups excluding carboxylic acids is 1. The van der Waals surface area contributed by atoms with Gasteiger partial charge < -0.3 is 4.90 Å². The number of aromatic nitrogens is 2. The predicted octanol–water partition coefficient (Wildman–Crippen LogP) is 3.84. The van der Waals surface area contributed by atoms with Gasteiger partial charge in [0, 0.05) is 36.6 Å². The fraction of sp³-hybridized carbons (Fsp3) is 0.150. The van der Waals surface area contributed by atoms with Crippen LogP contribution >= 0.6 is 0 Å². The van der Waals surface area contributed by atoms with Crippen LogP contribution in [-0.4, -0.2) is 27.8 Å². The summed E-state index contributed by atoms with van der Waals surface area (Å²) in [5.41, 5.74) is 5.70.